The zero-order valence-corrected chi connectivity index (χ0v) is 39.2. The zero-order chi connectivity index (χ0) is 36.4. The molecule has 5 aromatic rings. The van der Waals surface area contributed by atoms with Crippen LogP contribution in [0.2, 0.25) is 5.02 Å². The fraction of sp³-hybridized carbons (Fsp3) is 0. The Hall–Kier alpha value is -0.530. The maximum atomic E-state index is 13.7. The Kier molecular flexibility index (Phi) is 17.5. The van der Waals surface area contributed by atoms with Crippen LogP contribution in [-0.2, 0) is 40.5 Å². The number of anilines is 2. The van der Waals surface area contributed by atoms with Gasteiger partial charge in [-0.05, 0) is 59.3 Å². The molecule has 0 amide bonds. The van der Waals surface area contributed by atoms with Crippen molar-refractivity contribution in [3.05, 3.63) is 65.6 Å². The number of aromatic hydroxyl groups is 1. The smallest absolute Gasteiger partial charge is 0.313 e. The van der Waals surface area contributed by atoms with Crippen molar-refractivity contribution in [2.75, 3.05) is 5.32 Å². The molecule has 5 rings (SSSR count). The van der Waals surface area contributed by atoms with Gasteiger partial charge in [0.1, 0.15) is 31.1 Å². The van der Waals surface area contributed by atoms with E-state index in [0.717, 1.165) is 18.2 Å². The van der Waals surface area contributed by atoms with E-state index in [9.17, 15) is 65.8 Å². The van der Waals surface area contributed by atoms with Crippen LogP contribution >= 0.6 is 11.6 Å². The number of hydrogen-bond acceptors (Lipinski definition) is 14. The van der Waals surface area contributed by atoms with E-state index in [2.05, 4.69) is 25.5 Å². The third kappa shape index (κ3) is 11.3. The Balaban J connectivity index is 0.00000351. The summed E-state index contributed by atoms with van der Waals surface area (Å²) in [5, 5.41) is 18.2. The Morgan fingerprint density at radius 1 is 0.642 bits per heavy atom. The molecule has 0 spiro atoms. The molecule has 29 heteroatoms. The maximum absolute atomic E-state index is 13.7. The van der Waals surface area contributed by atoms with E-state index in [1.165, 1.54) is 6.07 Å². The van der Waals surface area contributed by atoms with E-state index in [-0.39, 0.29) is 135 Å². The van der Waals surface area contributed by atoms with Crippen LogP contribution in [0.25, 0.3) is 21.5 Å². The molecular formula is C24H14ClF2N5Na4O13S4. The second-order valence-corrected chi connectivity index (χ2v) is 15.6. The maximum Gasteiger partial charge on any atom is 0.313 e. The van der Waals surface area contributed by atoms with Gasteiger partial charge in [-0.3, -0.25) is 18.2 Å². The number of phenolic OH excluding ortho intramolecular Hbond substituents is 1. The number of fused-ring (bicyclic) bond motifs is 2. The monoisotopic (exact) mass is 873 g/mol. The van der Waals surface area contributed by atoms with Gasteiger partial charge in [0, 0.05) is 135 Å². The molecule has 0 bridgehead atoms. The third-order valence-electron chi connectivity index (χ3n) is 6.45. The second kappa shape index (κ2) is 18.4. The van der Waals surface area contributed by atoms with Gasteiger partial charge in [-0.15, -0.1) is 10.2 Å². The van der Waals surface area contributed by atoms with Gasteiger partial charge in [0.05, 0.1) is 4.90 Å². The zero-order valence-electron chi connectivity index (χ0n) is 27.2. The van der Waals surface area contributed by atoms with Crippen LogP contribution < -0.4 is 5.32 Å². The first-order chi connectivity index (χ1) is 22.4. The molecule has 0 saturated carbocycles. The Morgan fingerprint density at radius 3 is 1.74 bits per heavy atom. The molecule has 18 nitrogen and oxygen atoms in total. The number of hydrogen-bond donors (Lipinski definition) is 6. The molecule has 4 aromatic carbocycles. The molecule has 1 aromatic heterocycles. The van der Waals surface area contributed by atoms with Crippen LogP contribution in [0, 0.1) is 12.0 Å². The first-order valence-corrected chi connectivity index (χ1v) is 18.5. The van der Waals surface area contributed by atoms with Crippen LogP contribution in [0.1, 0.15) is 0 Å². The molecule has 0 atom stereocenters. The number of aromatic nitrogens is 2. The van der Waals surface area contributed by atoms with Gasteiger partial charge < -0.3 is 10.4 Å². The van der Waals surface area contributed by atoms with E-state index >= 15 is 0 Å². The van der Waals surface area contributed by atoms with Gasteiger partial charge in [0.2, 0.25) is 5.95 Å². The van der Waals surface area contributed by atoms with E-state index < -0.39 is 111 Å². The summed E-state index contributed by atoms with van der Waals surface area (Å²) in [6.45, 7) is 0. The van der Waals surface area contributed by atoms with Gasteiger partial charge in [-0.25, -0.2) is 0 Å². The summed E-state index contributed by atoms with van der Waals surface area (Å²) in [5.41, 5.74) is -2.00. The van der Waals surface area contributed by atoms with Crippen LogP contribution in [0.15, 0.2) is 78.3 Å². The van der Waals surface area contributed by atoms with Gasteiger partial charge in [-0.2, -0.15) is 52.4 Å². The Bertz CT molecular complexity index is 2770. The minimum absolute atomic E-state index is 0. The number of nitrogens with one attached hydrogen (secondary N) is 1. The molecule has 0 aliphatic heterocycles. The van der Waals surface area contributed by atoms with Crippen molar-refractivity contribution < 1.29 is 65.8 Å². The number of benzene rings is 4. The summed E-state index contributed by atoms with van der Waals surface area (Å²) >= 11 is 5.74. The van der Waals surface area contributed by atoms with Gasteiger partial charge in [-0.1, -0.05) is 11.6 Å². The largest absolute Gasteiger partial charge is 0.505 e. The number of azo groups is 1. The van der Waals surface area contributed by atoms with Gasteiger partial charge in [0.25, 0.3) is 40.5 Å². The van der Waals surface area contributed by atoms with Crippen molar-refractivity contribution in [2.24, 2.45) is 10.2 Å². The van der Waals surface area contributed by atoms with Gasteiger partial charge in [0.15, 0.2) is 11.6 Å². The predicted octanol–water partition coefficient (Wildman–Crippen LogP) is 3.04. The molecular weight excluding hydrogens is 860 g/mol. The molecule has 262 valence electrons. The first kappa shape index (κ1) is 50.5. The number of rotatable bonds is 8. The average Bonchev–Trinajstić information content (AvgIpc) is 2.96. The quantitative estimate of drug-likeness (QED) is 0.0429. The van der Waals surface area contributed by atoms with Crippen molar-refractivity contribution in [1.82, 2.24) is 9.97 Å². The summed E-state index contributed by atoms with van der Waals surface area (Å²) in [4.78, 5) is 1.52. The predicted molar refractivity (Wildman–Crippen MR) is 186 cm³/mol. The second-order valence-electron chi connectivity index (χ2n) is 9.64. The minimum Gasteiger partial charge on any atom is -0.505 e. The molecule has 0 aliphatic rings. The van der Waals surface area contributed by atoms with E-state index in [4.69, 9.17) is 11.6 Å². The fourth-order valence-electron chi connectivity index (χ4n) is 4.41. The summed E-state index contributed by atoms with van der Waals surface area (Å²) in [7, 11) is -21.1. The minimum atomic E-state index is -5.33. The van der Waals surface area contributed by atoms with Crippen LogP contribution in [0.5, 0.6) is 5.75 Å². The summed E-state index contributed by atoms with van der Waals surface area (Å²) < 4.78 is 163. The molecule has 0 unspecified atom stereocenters. The number of phenols is 1. The first-order valence-electron chi connectivity index (χ1n) is 12.3. The van der Waals surface area contributed by atoms with Crippen molar-refractivity contribution in [2.45, 2.75) is 19.6 Å². The van der Waals surface area contributed by atoms with E-state index in [1.54, 1.807) is 0 Å². The summed E-state index contributed by atoms with van der Waals surface area (Å²) in [6.07, 6.45) is -1.48. The van der Waals surface area contributed by atoms with E-state index in [1.807, 2.05) is 0 Å². The normalized spacial score (nSPS) is 12.1. The molecule has 4 radical (unpaired) electrons. The van der Waals surface area contributed by atoms with Crippen molar-refractivity contribution in [3.63, 3.8) is 0 Å². The molecule has 0 fully saturated rings. The Labute approximate surface area is 391 Å². The number of nitrogens with zero attached hydrogens (tertiary/aromatic N) is 4. The van der Waals surface area contributed by atoms with Gasteiger partial charge >= 0.3 is 6.08 Å². The molecule has 1 heterocycles. The van der Waals surface area contributed by atoms with Crippen LogP contribution in [0.4, 0.5) is 31.7 Å². The SMILES string of the molecule is O=S(=O)(O)c1cc(S(=O)(=O)O)c2cc(N=Nc3c(S(=O)(=O)O)cc4cc(Nc5nc(F)nc(F)c5Cl)ccc4c3O)c(S(=O)(=O)O)cc2c1.[Na].[Na].[Na].[Na]. The Morgan fingerprint density at radius 2 is 1.19 bits per heavy atom. The summed E-state index contributed by atoms with van der Waals surface area (Å²) in [6, 6.07) is 6.18. The van der Waals surface area contributed by atoms with Crippen LogP contribution in [-0.4, -0.2) is 185 Å². The molecule has 53 heavy (non-hydrogen) atoms. The third-order valence-corrected chi connectivity index (χ3v) is 10.3. The molecule has 6 N–H and O–H groups in total. The fourth-order valence-corrected chi connectivity index (χ4v) is 7.18. The average molecular weight is 874 g/mol. The van der Waals surface area contributed by atoms with Crippen molar-refractivity contribution in [3.8, 4) is 5.75 Å². The molecule has 0 saturated heterocycles. The number of halogens is 3. The van der Waals surface area contributed by atoms with Crippen LogP contribution in [0.3, 0.4) is 0 Å². The summed E-state index contributed by atoms with van der Waals surface area (Å²) in [5.74, 6) is -2.94. The van der Waals surface area contributed by atoms with E-state index in [0.29, 0.717) is 24.3 Å². The molecule has 0 aliphatic carbocycles. The van der Waals surface area contributed by atoms with Crippen molar-refractivity contribution in [1.29, 1.82) is 0 Å². The topological polar surface area (TPSA) is 300 Å². The standard InChI is InChI=1S/C24H14ClF2N5O13S4.4Na/c25-19-22(26)29-24(27)30-23(19)28-11-1-2-13-9(3-11)6-18(49(43,44)45)20(21(13)33)32-31-15-8-14-10(5-17(15)48(40,41)42)4-12(46(34,35)36)7-16(14)47(37,38)39;;;;/h1-8,33H,(H,28,29,30)(H,34,35,36)(H,37,38,39)(H,40,41,42)(H,43,44,45);;;;. The van der Waals surface area contributed by atoms with Crippen molar-refractivity contribution >= 4 is 215 Å².